The van der Waals surface area contributed by atoms with E-state index in [2.05, 4.69) is 10.1 Å². The molecule has 18 heavy (non-hydrogen) atoms. The molecule has 0 radical (unpaired) electrons. The van der Waals surface area contributed by atoms with Crippen LogP contribution in [0.4, 0.5) is 10.1 Å². The minimum Gasteiger partial charge on any atom is -0.495 e. The molecule has 5 nitrogen and oxygen atoms in total. The zero-order chi connectivity index (χ0) is 13.3. The first-order valence-electron chi connectivity index (χ1n) is 4.85. The number of rotatable bonds is 2. The van der Waals surface area contributed by atoms with Gasteiger partial charge in [-0.1, -0.05) is 11.6 Å². The van der Waals surface area contributed by atoms with Gasteiger partial charge in [0, 0.05) is 13.1 Å². The van der Waals surface area contributed by atoms with Crippen LogP contribution in [0.2, 0.25) is 5.02 Å². The summed E-state index contributed by atoms with van der Waals surface area (Å²) in [6, 6.07) is 2.50. The summed E-state index contributed by atoms with van der Waals surface area (Å²) in [6.07, 6.45) is 0. The van der Waals surface area contributed by atoms with Crippen LogP contribution in [-0.4, -0.2) is 16.9 Å². The lowest BCUT2D eigenvalue weighted by Crippen LogP contribution is -2.11. The minimum atomic E-state index is -0.582. The highest BCUT2D eigenvalue weighted by Crippen LogP contribution is 2.31. The van der Waals surface area contributed by atoms with Gasteiger partial charge in [-0.25, -0.2) is 9.38 Å². The summed E-state index contributed by atoms with van der Waals surface area (Å²) in [5.41, 5.74) is 0.0575. The largest absolute Gasteiger partial charge is 0.495 e. The molecule has 1 heterocycles. The standard InChI is InChI=1S/C10H9ClFN3O2S/c1-15-9(18-10(16)14-15)13-7-4-8(17-2)5(11)3-6(7)12/h3-4H,1-2H3,(H,14,16). The monoisotopic (exact) mass is 289 g/mol. The van der Waals surface area contributed by atoms with E-state index in [0.29, 0.717) is 10.6 Å². The maximum Gasteiger partial charge on any atom is 0.322 e. The molecule has 2 rings (SSSR count). The van der Waals surface area contributed by atoms with Crippen LogP contribution in [-0.2, 0) is 7.05 Å². The highest BCUT2D eigenvalue weighted by Gasteiger charge is 2.08. The van der Waals surface area contributed by atoms with E-state index in [4.69, 9.17) is 16.3 Å². The molecule has 0 amide bonds. The molecule has 96 valence electrons. The molecule has 1 N–H and O–H groups in total. The molecule has 0 aliphatic rings. The van der Waals surface area contributed by atoms with E-state index < -0.39 is 5.82 Å². The smallest absolute Gasteiger partial charge is 0.322 e. The number of ether oxygens (including phenoxy) is 1. The predicted octanol–water partition coefficient (Wildman–Crippen LogP) is 1.81. The Morgan fingerprint density at radius 1 is 1.56 bits per heavy atom. The van der Waals surface area contributed by atoms with Crippen molar-refractivity contribution in [2.24, 2.45) is 12.0 Å². The fraction of sp³-hybridized carbons (Fsp3) is 0.200. The van der Waals surface area contributed by atoms with E-state index in [-0.39, 0.29) is 15.6 Å². The Kier molecular flexibility index (Phi) is 3.53. The van der Waals surface area contributed by atoms with Gasteiger partial charge in [-0.2, -0.15) is 0 Å². The van der Waals surface area contributed by atoms with Gasteiger partial charge in [-0.05, 0) is 17.4 Å². The molecule has 0 spiro atoms. The average Bonchev–Trinajstić information content (AvgIpc) is 2.61. The number of halogens is 2. The molecule has 8 heteroatoms. The lowest BCUT2D eigenvalue weighted by molar-refractivity contribution is 0.414. The van der Waals surface area contributed by atoms with E-state index in [0.717, 1.165) is 17.4 Å². The lowest BCUT2D eigenvalue weighted by Gasteiger charge is -2.04. The lowest BCUT2D eigenvalue weighted by atomic mass is 10.3. The van der Waals surface area contributed by atoms with Gasteiger partial charge in [0.2, 0.25) is 4.80 Å². The Labute approximate surface area is 110 Å². The number of nitrogens with one attached hydrogen (secondary N) is 1. The summed E-state index contributed by atoms with van der Waals surface area (Å²) in [6.45, 7) is 0. The molecular weight excluding hydrogens is 281 g/mol. The van der Waals surface area contributed by atoms with E-state index in [9.17, 15) is 9.18 Å². The number of aromatic nitrogens is 2. The van der Waals surface area contributed by atoms with Gasteiger partial charge in [0.15, 0.2) is 5.82 Å². The van der Waals surface area contributed by atoms with Crippen molar-refractivity contribution in [3.05, 3.63) is 37.4 Å². The second-order valence-corrected chi connectivity index (χ2v) is 4.74. The molecule has 0 fully saturated rings. The second-order valence-electron chi connectivity index (χ2n) is 3.39. The predicted molar refractivity (Wildman–Crippen MR) is 67.1 cm³/mol. The van der Waals surface area contributed by atoms with Gasteiger partial charge in [0.05, 0.1) is 12.1 Å². The Balaban J connectivity index is 2.62. The van der Waals surface area contributed by atoms with Crippen molar-refractivity contribution in [1.29, 1.82) is 0 Å². The zero-order valence-corrected chi connectivity index (χ0v) is 11.1. The van der Waals surface area contributed by atoms with Crippen LogP contribution in [0.5, 0.6) is 5.75 Å². The maximum absolute atomic E-state index is 13.7. The molecule has 0 unspecified atom stereocenters. The first-order chi connectivity index (χ1) is 8.51. The Morgan fingerprint density at radius 3 is 2.83 bits per heavy atom. The molecule has 2 aromatic rings. The molecule has 0 bridgehead atoms. The number of hydrogen-bond acceptors (Lipinski definition) is 4. The second kappa shape index (κ2) is 4.95. The Morgan fingerprint density at radius 2 is 2.28 bits per heavy atom. The molecule has 1 aromatic heterocycles. The SMILES string of the molecule is COc1cc(N=c2sc(=O)[nH]n2C)c(F)cc1Cl. The van der Waals surface area contributed by atoms with E-state index >= 15 is 0 Å². The number of aromatic amines is 1. The van der Waals surface area contributed by atoms with Crippen molar-refractivity contribution >= 4 is 28.6 Å². The van der Waals surface area contributed by atoms with Gasteiger partial charge in [-0.3, -0.25) is 14.6 Å². The van der Waals surface area contributed by atoms with Gasteiger partial charge >= 0.3 is 4.87 Å². The molecule has 0 aliphatic heterocycles. The topological polar surface area (TPSA) is 59.4 Å². The van der Waals surface area contributed by atoms with Crippen LogP contribution in [0.15, 0.2) is 21.9 Å². The quantitative estimate of drug-likeness (QED) is 0.916. The van der Waals surface area contributed by atoms with Gasteiger partial charge in [-0.15, -0.1) is 0 Å². The summed E-state index contributed by atoms with van der Waals surface area (Å²) in [4.78, 5) is 15.2. The van der Waals surface area contributed by atoms with Crippen LogP contribution in [0, 0.1) is 5.82 Å². The van der Waals surface area contributed by atoms with Crippen molar-refractivity contribution < 1.29 is 9.13 Å². The van der Waals surface area contributed by atoms with Gasteiger partial charge in [0.25, 0.3) is 0 Å². The van der Waals surface area contributed by atoms with Crippen molar-refractivity contribution in [3.8, 4) is 5.75 Å². The van der Waals surface area contributed by atoms with Crippen LogP contribution >= 0.6 is 22.9 Å². The van der Waals surface area contributed by atoms with E-state index in [1.165, 1.54) is 17.9 Å². The summed E-state index contributed by atoms with van der Waals surface area (Å²) < 4.78 is 20.1. The molecule has 0 atom stereocenters. The highest BCUT2D eigenvalue weighted by atomic mass is 35.5. The van der Waals surface area contributed by atoms with Crippen LogP contribution < -0.4 is 14.4 Å². The third-order valence-electron chi connectivity index (χ3n) is 2.17. The van der Waals surface area contributed by atoms with E-state index in [1.54, 1.807) is 7.05 Å². The zero-order valence-electron chi connectivity index (χ0n) is 9.53. The summed E-state index contributed by atoms with van der Waals surface area (Å²) >= 11 is 6.65. The Hall–Kier alpha value is -1.60. The molecule has 1 aromatic carbocycles. The number of H-pyrrole nitrogens is 1. The number of hydrogen-bond donors (Lipinski definition) is 1. The van der Waals surface area contributed by atoms with Crippen LogP contribution in [0.1, 0.15) is 0 Å². The van der Waals surface area contributed by atoms with Crippen molar-refractivity contribution in [2.75, 3.05) is 7.11 Å². The molecule has 0 saturated carbocycles. The first-order valence-corrected chi connectivity index (χ1v) is 6.04. The molecular formula is C10H9ClFN3O2S. The van der Waals surface area contributed by atoms with E-state index in [1.807, 2.05) is 0 Å². The normalized spacial score (nSPS) is 11.9. The molecule has 0 saturated heterocycles. The number of nitrogens with zero attached hydrogens (tertiary/aromatic N) is 2. The van der Waals surface area contributed by atoms with Gasteiger partial charge < -0.3 is 4.74 Å². The minimum absolute atomic E-state index is 0.0575. The Bertz CT molecular complexity index is 704. The van der Waals surface area contributed by atoms with Gasteiger partial charge in [0.1, 0.15) is 11.4 Å². The molecule has 0 aliphatic carbocycles. The fourth-order valence-electron chi connectivity index (χ4n) is 1.32. The number of aryl methyl sites for hydroxylation is 1. The number of methoxy groups -OCH3 is 1. The summed E-state index contributed by atoms with van der Waals surface area (Å²) in [5.74, 6) is -0.260. The van der Waals surface area contributed by atoms with Crippen LogP contribution in [0.25, 0.3) is 0 Å². The van der Waals surface area contributed by atoms with Crippen molar-refractivity contribution in [2.45, 2.75) is 0 Å². The first kappa shape index (κ1) is 12.8. The van der Waals surface area contributed by atoms with Crippen LogP contribution in [0.3, 0.4) is 0 Å². The maximum atomic E-state index is 13.7. The third-order valence-corrected chi connectivity index (χ3v) is 3.29. The summed E-state index contributed by atoms with van der Waals surface area (Å²) in [7, 11) is 3.04. The average molecular weight is 290 g/mol. The summed E-state index contributed by atoms with van der Waals surface area (Å²) in [5, 5.41) is 2.66. The number of benzene rings is 1. The fourth-order valence-corrected chi connectivity index (χ4v) is 2.22. The third kappa shape index (κ3) is 2.46. The van der Waals surface area contributed by atoms with Crippen molar-refractivity contribution in [1.82, 2.24) is 9.78 Å². The highest BCUT2D eigenvalue weighted by molar-refractivity contribution is 7.06. The van der Waals surface area contributed by atoms with Crippen molar-refractivity contribution in [3.63, 3.8) is 0 Å².